The van der Waals surface area contributed by atoms with Crippen LogP contribution in [0.4, 0.5) is 0 Å². The van der Waals surface area contributed by atoms with Crippen LogP contribution in [0.2, 0.25) is 0 Å². The molecule has 0 amide bonds. The Kier molecular flexibility index (Phi) is 6.79. The Morgan fingerprint density at radius 1 is 1.20 bits per heavy atom. The van der Waals surface area contributed by atoms with E-state index in [1.54, 1.807) is 0 Å². The monoisotopic (exact) mass is 282 g/mol. The van der Waals surface area contributed by atoms with E-state index in [4.69, 9.17) is 4.74 Å². The molecule has 2 rings (SSSR count). The SMILES string of the molecule is CCCNCC1(CN(CC)C2CCCCC2)CCOC1. The van der Waals surface area contributed by atoms with E-state index in [1.165, 1.54) is 58.0 Å². The smallest absolute Gasteiger partial charge is 0.0547 e. The Balaban J connectivity index is 1.90. The Labute approximate surface area is 125 Å². The van der Waals surface area contributed by atoms with Gasteiger partial charge in [0.1, 0.15) is 0 Å². The molecule has 0 aromatic rings. The molecule has 0 bridgehead atoms. The summed E-state index contributed by atoms with van der Waals surface area (Å²) in [5.41, 5.74) is 0.364. The second-order valence-corrected chi connectivity index (χ2v) is 6.83. The molecule has 1 aliphatic heterocycles. The fourth-order valence-electron chi connectivity index (χ4n) is 3.88. The lowest BCUT2D eigenvalue weighted by molar-refractivity contribution is 0.0751. The van der Waals surface area contributed by atoms with Crippen molar-refractivity contribution in [2.75, 3.05) is 39.4 Å². The molecule has 1 aliphatic carbocycles. The third-order valence-electron chi connectivity index (χ3n) is 5.15. The molecule has 0 aromatic heterocycles. The van der Waals surface area contributed by atoms with Crippen molar-refractivity contribution in [2.24, 2.45) is 5.41 Å². The number of nitrogens with one attached hydrogen (secondary N) is 1. The molecule has 3 heteroatoms. The van der Waals surface area contributed by atoms with Crippen LogP contribution in [0, 0.1) is 5.41 Å². The van der Waals surface area contributed by atoms with Crippen LogP contribution in [0.1, 0.15) is 58.8 Å². The summed E-state index contributed by atoms with van der Waals surface area (Å²) in [7, 11) is 0. The molecule has 2 aliphatic rings. The van der Waals surface area contributed by atoms with Crippen molar-refractivity contribution in [2.45, 2.75) is 64.8 Å². The number of hydrogen-bond acceptors (Lipinski definition) is 3. The maximum atomic E-state index is 5.76. The quantitative estimate of drug-likeness (QED) is 0.693. The highest BCUT2D eigenvalue weighted by atomic mass is 16.5. The Hall–Kier alpha value is -0.120. The van der Waals surface area contributed by atoms with Crippen LogP contribution in [-0.4, -0.2) is 50.3 Å². The zero-order chi connectivity index (χ0) is 14.3. The Bertz CT molecular complexity index is 258. The average Bonchev–Trinajstić information content (AvgIpc) is 2.95. The highest BCUT2D eigenvalue weighted by Crippen LogP contribution is 2.32. The largest absolute Gasteiger partial charge is 0.381 e. The van der Waals surface area contributed by atoms with Crippen LogP contribution >= 0.6 is 0 Å². The van der Waals surface area contributed by atoms with E-state index in [0.717, 1.165) is 32.3 Å². The van der Waals surface area contributed by atoms with Gasteiger partial charge in [0, 0.05) is 31.2 Å². The molecule has 20 heavy (non-hydrogen) atoms. The standard InChI is InChI=1S/C17H34N2O/c1-3-11-18-13-17(10-12-20-15-17)14-19(4-2)16-8-6-5-7-9-16/h16,18H,3-15H2,1-2H3. The molecule has 1 atom stereocenters. The number of hydrogen-bond donors (Lipinski definition) is 1. The minimum Gasteiger partial charge on any atom is -0.381 e. The first kappa shape index (κ1) is 16.3. The Morgan fingerprint density at radius 3 is 2.60 bits per heavy atom. The van der Waals surface area contributed by atoms with Crippen molar-refractivity contribution in [3.8, 4) is 0 Å². The first-order valence-corrected chi connectivity index (χ1v) is 8.82. The lowest BCUT2D eigenvalue weighted by Crippen LogP contribution is -2.48. The lowest BCUT2D eigenvalue weighted by atomic mass is 9.84. The molecule has 1 saturated heterocycles. The third-order valence-corrected chi connectivity index (χ3v) is 5.15. The first-order valence-electron chi connectivity index (χ1n) is 8.82. The van der Waals surface area contributed by atoms with E-state index in [9.17, 15) is 0 Å². The highest BCUT2D eigenvalue weighted by Gasteiger charge is 2.37. The number of nitrogens with zero attached hydrogens (tertiary/aromatic N) is 1. The van der Waals surface area contributed by atoms with Crippen LogP contribution in [0.3, 0.4) is 0 Å². The van der Waals surface area contributed by atoms with E-state index in [-0.39, 0.29) is 0 Å². The van der Waals surface area contributed by atoms with Crippen molar-refractivity contribution in [1.29, 1.82) is 0 Å². The molecule has 0 spiro atoms. The van der Waals surface area contributed by atoms with Crippen LogP contribution in [0.5, 0.6) is 0 Å². The maximum absolute atomic E-state index is 5.76. The molecule has 2 fully saturated rings. The van der Waals surface area contributed by atoms with E-state index < -0.39 is 0 Å². The zero-order valence-corrected chi connectivity index (χ0v) is 13.6. The van der Waals surface area contributed by atoms with Gasteiger partial charge in [-0.2, -0.15) is 0 Å². The van der Waals surface area contributed by atoms with Gasteiger partial charge >= 0.3 is 0 Å². The molecule has 1 saturated carbocycles. The maximum Gasteiger partial charge on any atom is 0.0547 e. The minimum atomic E-state index is 0.364. The molecule has 3 nitrogen and oxygen atoms in total. The molecule has 1 unspecified atom stereocenters. The van der Waals surface area contributed by atoms with Crippen LogP contribution < -0.4 is 5.32 Å². The van der Waals surface area contributed by atoms with Gasteiger partial charge in [0.15, 0.2) is 0 Å². The molecule has 118 valence electrons. The van der Waals surface area contributed by atoms with Crippen molar-refractivity contribution in [3.63, 3.8) is 0 Å². The molecule has 1 N–H and O–H groups in total. The molecule has 0 aromatic carbocycles. The normalized spacial score (nSPS) is 28.4. The third kappa shape index (κ3) is 4.44. The van der Waals surface area contributed by atoms with Gasteiger partial charge in [0.05, 0.1) is 6.61 Å². The van der Waals surface area contributed by atoms with E-state index >= 15 is 0 Å². The summed E-state index contributed by atoms with van der Waals surface area (Å²) in [5, 5.41) is 3.64. The second-order valence-electron chi connectivity index (χ2n) is 6.83. The summed E-state index contributed by atoms with van der Waals surface area (Å²) in [4.78, 5) is 2.75. The molecule has 1 heterocycles. The van der Waals surface area contributed by atoms with Crippen molar-refractivity contribution in [1.82, 2.24) is 10.2 Å². The predicted octanol–water partition coefficient (Wildman–Crippen LogP) is 3.05. The lowest BCUT2D eigenvalue weighted by Gasteiger charge is -2.40. The van der Waals surface area contributed by atoms with Crippen LogP contribution in [0.25, 0.3) is 0 Å². The van der Waals surface area contributed by atoms with Gasteiger partial charge in [-0.1, -0.05) is 33.1 Å². The second kappa shape index (κ2) is 8.35. The van der Waals surface area contributed by atoms with E-state index in [0.29, 0.717) is 5.41 Å². The summed E-state index contributed by atoms with van der Waals surface area (Å²) in [6, 6.07) is 0.831. The predicted molar refractivity (Wildman–Crippen MR) is 85.1 cm³/mol. The van der Waals surface area contributed by atoms with Gasteiger partial charge in [-0.15, -0.1) is 0 Å². The summed E-state index contributed by atoms with van der Waals surface area (Å²) < 4.78 is 5.76. The topological polar surface area (TPSA) is 24.5 Å². The molecular formula is C17H34N2O. The van der Waals surface area contributed by atoms with Crippen molar-refractivity contribution >= 4 is 0 Å². The van der Waals surface area contributed by atoms with E-state index in [1.807, 2.05) is 0 Å². The van der Waals surface area contributed by atoms with Gasteiger partial charge in [0.2, 0.25) is 0 Å². The van der Waals surface area contributed by atoms with Crippen LogP contribution in [-0.2, 0) is 4.74 Å². The fourth-order valence-corrected chi connectivity index (χ4v) is 3.88. The van der Waals surface area contributed by atoms with Gasteiger partial charge in [-0.25, -0.2) is 0 Å². The summed E-state index contributed by atoms with van der Waals surface area (Å²) in [5.74, 6) is 0. The van der Waals surface area contributed by atoms with E-state index in [2.05, 4.69) is 24.1 Å². The van der Waals surface area contributed by atoms with Gasteiger partial charge in [-0.05, 0) is 38.8 Å². The first-order chi connectivity index (χ1) is 9.79. The highest BCUT2D eigenvalue weighted by molar-refractivity contribution is 4.90. The summed E-state index contributed by atoms with van der Waals surface area (Å²) >= 11 is 0. The van der Waals surface area contributed by atoms with Crippen LogP contribution in [0.15, 0.2) is 0 Å². The molecule has 0 radical (unpaired) electrons. The zero-order valence-electron chi connectivity index (χ0n) is 13.6. The Morgan fingerprint density at radius 2 is 2.00 bits per heavy atom. The number of rotatable bonds is 8. The van der Waals surface area contributed by atoms with Gasteiger partial charge < -0.3 is 10.1 Å². The minimum absolute atomic E-state index is 0.364. The molecular weight excluding hydrogens is 248 g/mol. The summed E-state index contributed by atoms with van der Waals surface area (Å²) in [6.45, 7) is 11.2. The van der Waals surface area contributed by atoms with Gasteiger partial charge in [-0.3, -0.25) is 4.90 Å². The summed E-state index contributed by atoms with van der Waals surface area (Å²) in [6.07, 6.45) is 9.57. The van der Waals surface area contributed by atoms with Gasteiger partial charge in [0.25, 0.3) is 0 Å². The fraction of sp³-hybridized carbons (Fsp3) is 1.00. The van der Waals surface area contributed by atoms with Crippen molar-refractivity contribution < 1.29 is 4.74 Å². The number of ether oxygens (including phenoxy) is 1. The average molecular weight is 282 g/mol. The van der Waals surface area contributed by atoms with Crippen molar-refractivity contribution in [3.05, 3.63) is 0 Å².